The smallest absolute Gasteiger partial charge is 0.259 e. The van der Waals surface area contributed by atoms with Crippen molar-refractivity contribution >= 4 is 21.8 Å². The third kappa shape index (κ3) is 4.56. The van der Waals surface area contributed by atoms with E-state index >= 15 is 0 Å². The monoisotopic (exact) mass is 324 g/mol. The van der Waals surface area contributed by atoms with Gasteiger partial charge in [0.2, 0.25) is 0 Å². The van der Waals surface area contributed by atoms with Gasteiger partial charge in [-0.05, 0) is 31.0 Å². The molecule has 1 aromatic carbocycles. The van der Waals surface area contributed by atoms with Crippen molar-refractivity contribution in [2.24, 2.45) is 5.92 Å². The van der Waals surface area contributed by atoms with Crippen LogP contribution in [-0.4, -0.2) is 18.1 Å². The van der Waals surface area contributed by atoms with E-state index in [1.54, 1.807) is 19.1 Å². The summed E-state index contributed by atoms with van der Waals surface area (Å²) >= 11 is 3.32. The maximum Gasteiger partial charge on any atom is 0.259 e. The van der Waals surface area contributed by atoms with Gasteiger partial charge in [-0.15, -0.1) is 0 Å². The molecule has 0 heterocycles. The first-order chi connectivity index (χ1) is 8.87. The van der Waals surface area contributed by atoms with Crippen LogP contribution in [0.2, 0.25) is 0 Å². The highest BCUT2D eigenvalue weighted by molar-refractivity contribution is 9.10. The van der Waals surface area contributed by atoms with Crippen molar-refractivity contribution in [3.8, 4) is 11.8 Å². The van der Waals surface area contributed by atoms with E-state index in [1.807, 2.05) is 26.0 Å². The molecule has 1 aromatic rings. The Bertz CT molecular complexity index is 496. The number of ether oxygens (including phenoxy) is 1. The third-order valence-electron chi connectivity index (χ3n) is 2.95. The van der Waals surface area contributed by atoms with Crippen LogP contribution in [0, 0.1) is 17.2 Å². The van der Waals surface area contributed by atoms with E-state index in [9.17, 15) is 4.79 Å². The maximum absolute atomic E-state index is 11.8. The van der Waals surface area contributed by atoms with Gasteiger partial charge in [0.1, 0.15) is 11.3 Å². The number of hydrogen-bond donors (Lipinski definition) is 1. The quantitative estimate of drug-likeness (QED) is 0.905. The molecule has 1 atom stereocenters. The number of rotatable bonds is 5. The van der Waals surface area contributed by atoms with Crippen LogP contribution in [0.25, 0.3) is 0 Å². The molecule has 0 saturated heterocycles. The summed E-state index contributed by atoms with van der Waals surface area (Å²) in [6, 6.07) is 9.36. The number of carbonyl (C=O) groups excluding carboxylic acids is 1. The Morgan fingerprint density at radius 1 is 1.58 bits per heavy atom. The summed E-state index contributed by atoms with van der Waals surface area (Å²) in [7, 11) is 0. The molecule has 0 fully saturated rings. The molecule has 4 nitrogen and oxygen atoms in total. The molecule has 1 N–H and O–H groups in total. The first-order valence-electron chi connectivity index (χ1n) is 5.98. The molecular formula is C14H17BrN2O2. The van der Waals surface area contributed by atoms with Gasteiger partial charge in [-0.25, -0.2) is 0 Å². The van der Waals surface area contributed by atoms with E-state index < -0.39 is 5.54 Å². The molecule has 5 heteroatoms. The van der Waals surface area contributed by atoms with Gasteiger partial charge < -0.3 is 10.1 Å². The van der Waals surface area contributed by atoms with Crippen molar-refractivity contribution in [1.82, 2.24) is 5.32 Å². The van der Waals surface area contributed by atoms with Crippen LogP contribution in [0.4, 0.5) is 0 Å². The van der Waals surface area contributed by atoms with Crippen molar-refractivity contribution in [3.63, 3.8) is 0 Å². The predicted molar refractivity (Wildman–Crippen MR) is 76.6 cm³/mol. The van der Waals surface area contributed by atoms with Gasteiger partial charge in [-0.2, -0.15) is 5.26 Å². The van der Waals surface area contributed by atoms with Gasteiger partial charge in [-0.1, -0.05) is 35.8 Å². The van der Waals surface area contributed by atoms with Crippen LogP contribution < -0.4 is 10.1 Å². The van der Waals surface area contributed by atoms with E-state index in [0.717, 1.165) is 4.47 Å². The van der Waals surface area contributed by atoms with Crippen LogP contribution in [0.1, 0.15) is 20.8 Å². The molecule has 1 rings (SSSR count). The summed E-state index contributed by atoms with van der Waals surface area (Å²) in [6.07, 6.45) is 0. The van der Waals surface area contributed by atoms with Gasteiger partial charge in [0.15, 0.2) is 6.61 Å². The number of nitrogens with zero attached hydrogens (tertiary/aromatic N) is 1. The van der Waals surface area contributed by atoms with Crippen LogP contribution in [-0.2, 0) is 4.79 Å². The molecule has 0 saturated carbocycles. The predicted octanol–water partition coefficient (Wildman–Crippen LogP) is 2.88. The number of amides is 1. The Balaban J connectivity index is 2.55. The summed E-state index contributed by atoms with van der Waals surface area (Å²) in [5.74, 6) is 0.317. The summed E-state index contributed by atoms with van der Waals surface area (Å²) < 4.78 is 6.25. The highest BCUT2D eigenvalue weighted by Gasteiger charge is 2.29. The first-order valence-corrected chi connectivity index (χ1v) is 6.77. The number of benzene rings is 1. The van der Waals surface area contributed by atoms with Crippen LogP contribution >= 0.6 is 15.9 Å². The fraction of sp³-hybridized carbons (Fsp3) is 0.429. The van der Waals surface area contributed by atoms with Gasteiger partial charge in [0.25, 0.3) is 5.91 Å². The summed E-state index contributed by atoms with van der Waals surface area (Å²) in [6.45, 7) is 5.37. The van der Waals surface area contributed by atoms with E-state index in [1.165, 1.54) is 0 Å². The zero-order valence-corrected chi connectivity index (χ0v) is 12.8. The van der Waals surface area contributed by atoms with Gasteiger partial charge in [0.05, 0.1) is 6.07 Å². The van der Waals surface area contributed by atoms with Crippen LogP contribution in [0.5, 0.6) is 5.75 Å². The van der Waals surface area contributed by atoms with Gasteiger partial charge in [0, 0.05) is 4.47 Å². The average Bonchev–Trinajstić information content (AvgIpc) is 2.36. The molecule has 0 aromatic heterocycles. The average molecular weight is 325 g/mol. The Labute approximate surface area is 121 Å². The zero-order valence-electron chi connectivity index (χ0n) is 11.2. The molecule has 0 aliphatic rings. The maximum atomic E-state index is 11.8. The van der Waals surface area contributed by atoms with Gasteiger partial charge >= 0.3 is 0 Å². The lowest BCUT2D eigenvalue weighted by Crippen LogP contribution is -2.50. The lowest BCUT2D eigenvalue weighted by atomic mass is 9.90. The number of halogens is 1. The second kappa shape index (κ2) is 6.58. The molecule has 0 bridgehead atoms. The number of hydrogen-bond acceptors (Lipinski definition) is 3. The lowest BCUT2D eigenvalue weighted by Gasteiger charge is -2.27. The van der Waals surface area contributed by atoms with Crippen LogP contribution in [0.15, 0.2) is 28.7 Å². The standard InChI is InChI=1S/C14H17BrN2O2/c1-10(2)14(3,9-16)17-13(18)8-19-12-6-4-5-11(15)7-12/h4-7,10H,8H2,1-3H3,(H,17,18)/t14-/m1/s1. The minimum atomic E-state index is -0.877. The topological polar surface area (TPSA) is 62.1 Å². The van der Waals surface area contributed by atoms with E-state index in [2.05, 4.69) is 27.3 Å². The lowest BCUT2D eigenvalue weighted by molar-refractivity contribution is -0.124. The molecule has 1 amide bonds. The Morgan fingerprint density at radius 3 is 2.79 bits per heavy atom. The highest BCUT2D eigenvalue weighted by atomic mass is 79.9. The van der Waals surface area contributed by atoms with Crippen molar-refractivity contribution in [3.05, 3.63) is 28.7 Å². The van der Waals surface area contributed by atoms with Crippen molar-refractivity contribution < 1.29 is 9.53 Å². The van der Waals surface area contributed by atoms with Crippen LogP contribution in [0.3, 0.4) is 0 Å². The molecule has 0 radical (unpaired) electrons. The molecular weight excluding hydrogens is 308 g/mol. The molecule has 102 valence electrons. The Hall–Kier alpha value is -1.54. The summed E-state index contributed by atoms with van der Waals surface area (Å²) in [5, 5.41) is 11.8. The molecule has 0 unspecified atom stereocenters. The second-order valence-corrected chi connectivity index (χ2v) is 5.68. The zero-order chi connectivity index (χ0) is 14.5. The molecule has 0 spiro atoms. The van der Waals surface area contributed by atoms with E-state index in [-0.39, 0.29) is 18.4 Å². The Kier molecular flexibility index (Phi) is 5.37. The SMILES string of the molecule is CC(C)[C@@](C)(C#N)NC(=O)COc1cccc(Br)c1. The first kappa shape index (κ1) is 15.5. The molecule has 0 aliphatic heterocycles. The van der Waals surface area contributed by atoms with Crippen molar-refractivity contribution in [1.29, 1.82) is 5.26 Å². The van der Waals surface area contributed by atoms with E-state index in [4.69, 9.17) is 10.00 Å². The van der Waals surface area contributed by atoms with Crippen molar-refractivity contribution in [2.75, 3.05) is 6.61 Å². The minimum absolute atomic E-state index is 0.0207. The van der Waals surface area contributed by atoms with Gasteiger partial charge in [-0.3, -0.25) is 4.79 Å². The molecule has 19 heavy (non-hydrogen) atoms. The normalized spacial score (nSPS) is 13.5. The number of nitriles is 1. The minimum Gasteiger partial charge on any atom is -0.484 e. The summed E-state index contributed by atoms with van der Waals surface area (Å²) in [4.78, 5) is 11.8. The third-order valence-corrected chi connectivity index (χ3v) is 3.45. The number of nitrogens with one attached hydrogen (secondary N) is 1. The number of carbonyl (C=O) groups is 1. The second-order valence-electron chi connectivity index (χ2n) is 4.76. The highest BCUT2D eigenvalue weighted by Crippen LogP contribution is 2.18. The fourth-order valence-corrected chi connectivity index (χ4v) is 1.71. The Morgan fingerprint density at radius 2 is 2.26 bits per heavy atom. The largest absolute Gasteiger partial charge is 0.484 e. The fourth-order valence-electron chi connectivity index (χ4n) is 1.33. The molecule has 0 aliphatic carbocycles. The van der Waals surface area contributed by atoms with E-state index in [0.29, 0.717) is 5.75 Å². The summed E-state index contributed by atoms with van der Waals surface area (Å²) in [5.41, 5.74) is -0.877. The van der Waals surface area contributed by atoms with Crippen molar-refractivity contribution in [2.45, 2.75) is 26.3 Å².